The number of halogens is 3. The zero-order valence-corrected chi connectivity index (χ0v) is 21.4. The molecule has 0 bridgehead atoms. The second kappa shape index (κ2) is 12.6. The van der Waals surface area contributed by atoms with Crippen molar-refractivity contribution < 1.29 is 27.6 Å². The fourth-order valence-corrected chi connectivity index (χ4v) is 4.27. The highest BCUT2D eigenvalue weighted by Gasteiger charge is 2.26. The fraction of sp³-hybridized carbons (Fsp3) is 0.276. The lowest BCUT2D eigenvalue weighted by Crippen LogP contribution is -2.52. The summed E-state index contributed by atoms with van der Waals surface area (Å²) >= 11 is 0. The Kier molecular flexibility index (Phi) is 8.98. The molecule has 1 heterocycles. The molecule has 0 radical (unpaired) electrons. The lowest BCUT2D eigenvalue weighted by Gasteiger charge is -2.36. The van der Waals surface area contributed by atoms with E-state index in [1.807, 2.05) is 67.0 Å². The predicted octanol–water partition coefficient (Wildman–Crippen LogP) is 4.43. The second-order valence-electron chi connectivity index (χ2n) is 9.32. The highest BCUT2D eigenvalue weighted by atomic mass is 19.3. The van der Waals surface area contributed by atoms with Crippen LogP contribution in [-0.2, 0) is 11.3 Å². The van der Waals surface area contributed by atoms with Gasteiger partial charge in [0.05, 0.1) is 13.1 Å². The van der Waals surface area contributed by atoms with Crippen LogP contribution in [0.2, 0.25) is 0 Å². The molecule has 0 unspecified atom stereocenters. The van der Waals surface area contributed by atoms with Gasteiger partial charge in [-0.3, -0.25) is 14.5 Å². The molecule has 0 atom stereocenters. The Hall–Kier alpha value is -4.18. The number of rotatable bonds is 8. The van der Waals surface area contributed by atoms with Crippen LogP contribution in [0.15, 0.2) is 72.8 Å². The summed E-state index contributed by atoms with van der Waals surface area (Å²) in [7, 11) is 1.99. The zero-order chi connectivity index (χ0) is 27.9. The van der Waals surface area contributed by atoms with Crippen LogP contribution in [0.1, 0.15) is 15.9 Å². The highest BCUT2D eigenvalue weighted by Crippen LogP contribution is 2.26. The number of hydrogen-bond donors (Lipinski definition) is 1. The van der Waals surface area contributed by atoms with E-state index < -0.39 is 30.5 Å². The number of nitrogens with one attached hydrogen (secondary N) is 1. The molecule has 39 heavy (non-hydrogen) atoms. The van der Waals surface area contributed by atoms with Crippen molar-refractivity contribution in [3.63, 3.8) is 0 Å². The number of anilines is 1. The summed E-state index contributed by atoms with van der Waals surface area (Å²) in [5, 5.41) is 1.82. The van der Waals surface area contributed by atoms with E-state index in [0.717, 1.165) is 30.3 Å². The number of hydrogen-bond acceptors (Lipinski definition) is 4. The lowest BCUT2D eigenvalue weighted by molar-refractivity contribution is -0.131. The first-order valence-electron chi connectivity index (χ1n) is 12.5. The van der Waals surface area contributed by atoms with Crippen LogP contribution in [0.4, 0.5) is 23.7 Å². The van der Waals surface area contributed by atoms with Crippen LogP contribution in [0, 0.1) is 5.82 Å². The normalized spacial score (nSPS) is 13.8. The van der Waals surface area contributed by atoms with Crippen molar-refractivity contribution in [2.75, 3.05) is 44.7 Å². The molecule has 7 nitrogen and oxygen atoms in total. The molecule has 204 valence electrons. The van der Waals surface area contributed by atoms with Crippen molar-refractivity contribution in [3.8, 4) is 11.1 Å². The Labute approximate surface area is 224 Å². The molecule has 0 saturated carbocycles. The number of ketones is 1. The SMILES string of the molecule is CN1CCN(C(=O)N(Cc2ccc(C(=O)CNC(=O)C(F)F)cc2F)c2ccc(-c3ccccc3)cc2)CC1. The van der Waals surface area contributed by atoms with Gasteiger partial charge in [0.1, 0.15) is 5.82 Å². The van der Waals surface area contributed by atoms with Crippen LogP contribution in [-0.4, -0.2) is 73.7 Å². The van der Waals surface area contributed by atoms with Crippen molar-refractivity contribution >= 4 is 23.4 Å². The second-order valence-corrected chi connectivity index (χ2v) is 9.32. The van der Waals surface area contributed by atoms with Gasteiger partial charge in [0.25, 0.3) is 5.91 Å². The van der Waals surface area contributed by atoms with E-state index in [-0.39, 0.29) is 23.7 Å². The molecule has 1 fully saturated rings. The minimum absolute atomic E-state index is 0.0741. The molecule has 0 spiro atoms. The van der Waals surface area contributed by atoms with E-state index >= 15 is 4.39 Å². The summed E-state index contributed by atoms with van der Waals surface area (Å²) in [4.78, 5) is 42.3. The van der Waals surface area contributed by atoms with E-state index in [2.05, 4.69) is 4.90 Å². The number of amides is 3. The number of carbonyl (C=O) groups excluding carboxylic acids is 3. The van der Waals surface area contributed by atoms with Crippen LogP contribution in [0.5, 0.6) is 0 Å². The summed E-state index contributed by atoms with van der Waals surface area (Å²) in [5.74, 6) is -3.01. The van der Waals surface area contributed by atoms with Gasteiger partial charge in [0, 0.05) is 43.0 Å². The van der Waals surface area contributed by atoms with Crippen LogP contribution < -0.4 is 10.2 Å². The molecule has 1 saturated heterocycles. The van der Waals surface area contributed by atoms with Crippen molar-refractivity contribution in [2.24, 2.45) is 0 Å². The van der Waals surface area contributed by atoms with Crippen molar-refractivity contribution in [1.29, 1.82) is 0 Å². The first-order valence-corrected chi connectivity index (χ1v) is 12.5. The average molecular weight is 539 g/mol. The minimum atomic E-state index is -3.25. The summed E-state index contributed by atoms with van der Waals surface area (Å²) < 4.78 is 39.9. The van der Waals surface area contributed by atoms with Gasteiger partial charge in [-0.25, -0.2) is 9.18 Å². The molecular weight excluding hydrogens is 509 g/mol. The van der Waals surface area contributed by atoms with Gasteiger partial charge < -0.3 is 15.1 Å². The molecule has 1 aliphatic heterocycles. The topological polar surface area (TPSA) is 73.0 Å². The van der Waals surface area contributed by atoms with E-state index in [0.29, 0.717) is 18.8 Å². The monoisotopic (exact) mass is 538 g/mol. The molecule has 1 N–H and O–H groups in total. The van der Waals surface area contributed by atoms with E-state index in [4.69, 9.17) is 0 Å². The Bertz CT molecular complexity index is 1310. The van der Waals surface area contributed by atoms with E-state index in [1.165, 1.54) is 17.0 Å². The quantitative estimate of drug-likeness (QED) is 0.431. The third-order valence-corrected chi connectivity index (χ3v) is 6.62. The van der Waals surface area contributed by atoms with Gasteiger partial charge in [-0.05, 0) is 36.4 Å². The van der Waals surface area contributed by atoms with Crippen LogP contribution in [0.3, 0.4) is 0 Å². The van der Waals surface area contributed by atoms with Crippen molar-refractivity contribution in [3.05, 3.63) is 89.7 Å². The molecule has 1 aliphatic rings. The van der Waals surface area contributed by atoms with Gasteiger partial charge in [-0.15, -0.1) is 0 Å². The molecule has 0 aliphatic carbocycles. The summed E-state index contributed by atoms with van der Waals surface area (Å²) in [6, 6.07) is 20.7. The third kappa shape index (κ3) is 7.02. The number of likely N-dealkylation sites (N-methyl/N-ethyl adjacent to an activating group) is 1. The molecular formula is C29H29F3N4O3. The number of Topliss-reactive ketones (excluding diaryl/α,β-unsaturated/α-hetero) is 1. The Morgan fingerprint density at radius 2 is 1.54 bits per heavy atom. The Morgan fingerprint density at radius 3 is 2.15 bits per heavy atom. The van der Waals surface area contributed by atoms with Crippen molar-refractivity contribution in [2.45, 2.75) is 13.0 Å². The Morgan fingerprint density at radius 1 is 0.897 bits per heavy atom. The molecule has 3 amide bonds. The van der Waals surface area contributed by atoms with Gasteiger partial charge in [0.2, 0.25) is 0 Å². The molecule has 3 aromatic rings. The maximum atomic E-state index is 15.1. The van der Waals surface area contributed by atoms with E-state index in [9.17, 15) is 23.2 Å². The highest BCUT2D eigenvalue weighted by molar-refractivity contribution is 5.99. The van der Waals surface area contributed by atoms with Crippen LogP contribution >= 0.6 is 0 Å². The third-order valence-electron chi connectivity index (χ3n) is 6.62. The van der Waals surface area contributed by atoms with Crippen molar-refractivity contribution in [1.82, 2.24) is 15.1 Å². The van der Waals surface area contributed by atoms with Gasteiger partial charge in [-0.1, -0.05) is 54.6 Å². The number of alkyl halides is 2. The minimum Gasteiger partial charge on any atom is -0.344 e. The number of nitrogens with zero attached hydrogens (tertiary/aromatic N) is 3. The molecule has 0 aromatic heterocycles. The number of piperazine rings is 1. The summed E-state index contributed by atoms with van der Waals surface area (Å²) in [5.41, 5.74) is 2.69. The molecule has 10 heteroatoms. The molecule has 4 rings (SSSR count). The smallest absolute Gasteiger partial charge is 0.324 e. The maximum absolute atomic E-state index is 15.1. The average Bonchev–Trinajstić information content (AvgIpc) is 2.95. The fourth-order valence-electron chi connectivity index (χ4n) is 4.27. The largest absolute Gasteiger partial charge is 0.344 e. The first kappa shape index (κ1) is 27.8. The zero-order valence-electron chi connectivity index (χ0n) is 21.4. The van der Waals surface area contributed by atoms with Gasteiger partial charge >= 0.3 is 12.5 Å². The number of urea groups is 1. The molecule has 3 aromatic carbocycles. The lowest BCUT2D eigenvalue weighted by atomic mass is 10.0. The number of benzene rings is 3. The summed E-state index contributed by atoms with van der Waals surface area (Å²) in [6.45, 7) is 1.75. The number of carbonyl (C=O) groups is 3. The van der Waals surface area contributed by atoms with Crippen LogP contribution in [0.25, 0.3) is 11.1 Å². The van der Waals surface area contributed by atoms with E-state index in [1.54, 1.807) is 4.90 Å². The standard InChI is InChI=1S/C29H29F3N4O3/c1-34-13-15-35(16-14-34)29(39)36(24-11-9-21(10-12-24)20-5-3-2-4-6-20)19-23-8-7-22(17-25(23)30)26(37)18-33-28(38)27(31)32/h2-12,17,27H,13-16,18-19H2,1H3,(H,33,38). The summed E-state index contributed by atoms with van der Waals surface area (Å²) in [6.07, 6.45) is -3.25. The first-order chi connectivity index (χ1) is 18.7. The van der Waals surface area contributed by atoms with Gasteiger partial charge in [0.15, 0.2) is 5.78 Å². The Balaban J connectivity index is 1.56. The van der Waals surface area contributed by atoms with Gasteiger partial charge in [-0.2, -0.15) is 8.78 Å². The maximum Gasteiger partial charge on any atom is 0.324 e. The predicted molar refractivity (Wildman–Crippen MR) is 142 cm³/mol.